The zero-order valence-electron chi connectivity index (χ0n) is 11.0. The van der Waals surface area contributed by atoms with Gasteiger partial charge in [-0.25, -0.2) is 0 Å². The van der Waals surface area contributed by atoms with Gasteiger partial charge in [-0.2, -0.15) is 0 Å². The number of hydrogen-bond donors (Lipinski definition) is 1. The lowest BCUT2D eigenvalue weighted by molar-refractivity contribution is 0.189. The van der Waals surface area contributed by atoms with Crippen molar-refractivity contribution in [3.8, 4) is 0 Å². The average Bonchev–Trinajstić information content (AvgIpc) is 2.99. The lowest BCUT2D eigenvalue weighted by Gasteiger charge is -1.92. The SMILES string of the molecule is C1CCOC1.CC1CC=CC1.OC1CC=CC1. The summed E-state index contributed by atoms with van der Waals surface area (Å²) in [4.78, 5) is 0. The van der Waals surface area contributed by atoms with Crippen LogP contribution in [0, 0.1) is 5.92 Å². The maximum Gasteiger partial charge on any atom is 0.0609 e. The van der Waals surface area contributed by atoms with E-state index in [9.17, 15) is 0 Å². The molecule has 0 atom stereocenters. The first kappa shape index (κ1) is 14.5. The van der Waals surface area contributed by atoms with Gasteiger partial charge in [-0.1, -0.05) is 31.2 Å². The smallest absolute Gasteiger partial charge is 0.0609 e. The molecule has 1 saturated heterocycles. The number of aliphatic hydroxyl groups is 1. The van der Waals surface area contributed by atoms with E-state index in [4.69, 9.17) is 9.84 Å². The minimum absolute atomic E-state index is 0.0648. The molecule has 3 rings (SSSR count). The Balaban J connectivity index is 0.000000128. The van der Waals surface area contributed by atoms with Crippen LogP contribution in [0.5, 0.6) is 0 Å². The molecule has 3 aliphatic rings. The number of hydrogen-bond acceptors (Lipinski definition) is 2. The molecular weight excluding hydrogens is 212 g/mol. The summed E-state index contributed by atoms with van der Waals surface area (Å²) in [5.74, 6) is 0.935. The van der Waals surface area contributed by atoms with E-state index in [1.165, 1.54) is 25.7 Å². The van der Waals surface area contributed by atoms with E-state index < -0.39 is 0 Å². The zero-order valence-corrected chi connectivity index (χ0v) is 11.0. The van der Waals surface area contributed by atoms with Crippen molar-refractivity contribution < 1.29 is 9.84 Å². The Morgan fingerprint density at radius 1 is 0.882 bits per heavy atom. The number of rotatable bonds is 0. The fourth-order valence-corrected chi connectivity index (χ4v) is 1.87. The van der Waals surface area contributed by atoms with Gasteiger partial charge in [0.05, 0.1) is 6.10 Å². The summed E-state index contributed by atoms with van der Waals surface area (Å²) in [6, 6.07) is 0. The van der Waals surface area contributed by atoms with Crippen LogP contribution in [0.2, 0.25) is 0 Å². The van der Waals surface area contributed by atoms with Crippen molar-refractivity contribution in [1.29, 1.82) is 0 Å². The second-order valence-corrected chi connectivity index (χ2v) is 4.96. The highest BCUT2D eigenvalue weighted by Crippen LogP contribution is 2.15. The molecule has 0 aromatic heterocycles. The quantitative estimate of drug-likeness (QED) is 0.655. The minimum Gasteiger partial charge on any atom is -0.392 e. The van der Waals surface area contributed by atoms with Crippen molar-refractivity contribution in [2.24, 2.45) is 5.92 Å². The predicted molar refractivity (Wildman–Crippen MR) is 72.0 cm³/mol. The first-order chi connectivity index (χ1) is 8.29. The van der Waals surface area contributed by atoms with Gasteiger partial charge >= 0.3 is 0 Å². The second-order valence-electron chi connectivity index (χ2n) is 4.96. The van der Waals surface area contributed by atoms with Crippen LogP contribution in [-0.4, -0.2) is 24.4 Å². The molecule has 98 valence electrons. The molecule has 0 unspecified atom stereocenters. The molecule has 2 nitrogen and oxygen atoms in total. The molecule has 1 aliphatic heterocycles. The fourth-order valence-electron chi connectivity index (χ4n) is 1.87. The number of allylic oxidation sites excluding steroid dienone is 2. The number of ether oxygens (including phenoxy) is 1. The summed E-state index contributed by atoms with van der Waals surface area (Å²) >= 11 is 0. The van der Waals surface area contributed by atoms with Crippen LogP contribution in [0.15, 0.2) is 24.3 Å². The maximum atomic E-state index is 8.67. The summed E-state index contributed by atoms with van der Waals surface area (Å²) in [5, 5.41) is 8.67. The Hall–Kier alpha value is -0.600. The minimum atomic E-state index is -0.0648. The summed E-state index contributed by atoms with van der Waals surface area (Å²) in [6.07, 6.45) is 15.3. The van der Waals surface area contributed by atoms with Crippen molar-refractivity contribution in [1.82, 2.24) is 0 Å². The van der Waals surface area contributed by atoms with Crippen molar-refractivity contribution >= 4 is 0 Å². The van der Waals surface area contributed by atoms with E-state index in [0.717, 1.165) is 32.0 Å². The first-order valence-corrected chi connectivity index (χ1v) is 6.85. The highest BCUT2D eigenvalue weighted by atomic mass is 16.5. The van der Waals surface area contributed by atoms with Gasteiger partial charge < -0.3 is 9.84 Å². The van der Waals surface area contributed by atoms with Gasteiger partial charge in [-0.3, -0.25) is 0 Å². The summed E-state index contributed by atoms with van der Waals surface area (Å²) in [6.45, 7) is 4.28. The Labute approximate surface area is 105 Å². The maximum absolute atomic E-state index is 8.67. The third-order valence-corrected chi connectivity index (χ3v) is 3.05. The van der Waals surface area contributed by atoms with E-state index in [2.05, 4.69) is 19.1 Å². The standard InChI is InChI=1S/C6H10.C5H8O.C4H8O/c1-6-4-2-3-5-6;6-5-3-1-2-4-5;1-2-4-5-3-1/h2-3,6H,4-5H2,1H3;1-2,5-6H,3-4H2;1-4H2. The molecule has 1 N–H and O–H groups in total. The van der Waals surface area contributed by atoms with Crippen LogP contribution in [0.4, 0.5) is 0 Å². The molecule has 0 spiro atoms. The molecule has 0 bridgehead atoms. The molecule has 2 aliphatic carbocycles. The second kappa shape index (κ2) is 9.43. The van der Waals surface area contributed by atoms with E-state index in [1.807, 2.05) is 12.2 Å². The molecule has 17 heavy (non-hydrogen) atoms. The highest BCUT2D eigenvalue weighted by molar-refractivity contribution is 4.94. The van der Waals surface area contributed by atoms with Crippen LogP contribution >= 0.6 is 0 Å². The van der Waals surface area contributed by atoms with Crippen LogP contribution in [-0.2, 0) is 4.74 Å². The summed E-state index contributed by atoms with van der Waals surface area (Å²) < 4.78 is 4.94. The molecule has 0 radical (unpaired) electrons. The molecule has 0 amide bonds. The molecular formula is C15H26O2. The lowest BCUT2D eigenvalue weighted by atomic mass is 10.1. The largest absolute Gasteiger partial charge is 0.392 e. The average molecular weight is 238 g/mol. The van der Waals surface area contributed by atoms with Gasteiger partial charge in [0, 0.05) is 13.2 Å². The zero-order chi connectivity index (χ0) is 12.3. The molecule has 0 aromatic carbocycles. The van der Waals surface area contributed by atoms with Gasteiger partial charge in [0.15, 0.2) is 0 Å². The molecule has 2 heteroatoms. The van der Waals surface area contributed by atoms with Gasteiger partial charge in [-0.05, 0) is 44.4 Å². The van der Waals surface area contributed by atoms with Crippen molar-refractivity contribution in [3.05, 3.63) is 24.3 Å². The number of aliphatic hydroxyl groups excluding tert-OH is 1. The summed E-state index contributed by atoms with van der Waals surface area (Å²) in [5.41, 5.74) is 0. The Bertz CT molecular complexity index is 185. The molecule has 0 saturated carbocycles. The first-order valence-electron chi connectivity index (χ1n) is 6.85. The lowest BCUT2D eigenvalue weighted by Crippen LogP contribution is -1.95. The van der Waals surface area contributed by atoms with Gasteiger partial charge in [-0.15, -0.1) is 0 Å². The van der Waals surface area contributed by atoms with Gasteiger partial charge in [0.1, 0.15) is 0 Å². The van der Waals surface area contributed by atoms with Crippen molar-refractivity contribution in [2.45, 2.75) is 51.6 Å². The Kier molecular flexibility index (Phi) is 8.02. The monoisotopic (exact) mass is 238 g/mol. The third kappa shape index (κ3) is 8.17. The van der Waals surface area contributed by atoms with E-state index in [1.54, 1.807) is 0 Å². The topological polar surface area (TPSA) is 29.5 Å². The fraction of sp³-hybridized carbons (Fsp3) is 0.733. The van der Waals surface area contributed by atoms with Gasteiger partial charge in [0.25, 0.3) is 0 Å². The van der Waals surface area contributed by atoms with E-state index in [0.29, 0.717) is 0 Å². The van der Waals surface area contributed by atoms with Crippen molar-refractivity contribution in [3.63, 3.8) is 0 Å². The van der Waals surface area contributed by atoms with Crippen LogP contribution in [0.1, 0.15) is 45.4 Å². The van der Waals surface area contributed by atoms with Crippen molar-refractivity contribution in [2.75, 3.05) is 13.2 Å². The molecule has 1 heterocycles. The molecule has 0 aromatic rings. The van der Waals surface area contributed by atoms with Crippen LogP contribution in [0.25, 0.3) is 0 Å². The van der Waals surface area contributed by atoms with E-state index >= 15 is 0 Å². The van der Waals surface area contributed by atoms with Gasteiger partial charge in [0.2, 0.25) is 0 Å². The molecule has 1 fully saturated rings. The third-order valence-electron chi connectivity index (χ3n) is 3.05. The normalized spacial score (nSPS) is 23.2. The summed E-state index contributed by atoms with van der Waals surface area (Å²) in [7, 11) is 0. The Morgan fingerprint density at radius 2 is 1.35 bits per heavy atom. The highest BCUT2D eigenvalue weighted by Gasteiger charge is 2.02. The Morgan fingerprint density at radius 3 is 1.53 bits per heavy atom. The predicted octanol–water partition coefficient (Wildman–Crippen LogP) is 3.47. The van der Waals surface area contributed by atoms with Crippen LogP contribution in [0.3, 0.4) is 0 Å². The van der Waals surface area contributed by atoms with Crippen LogP contribution < -0.4 is 0 Å². The van der Waals surface area contributed by atoms with E-state index in [-0.39, 0.29) is 6.10 Å².